The Morgan fingerprint density at radius 3 is 2.05 bits per heavy atom. The molecule has 0 spiro atoms. The first-order valence-corrected chi connectivity index (χ1v) is 7.15. The molecule has 1 aromatic heterocycles. The number of nitrogens with zero attached hydrogens (tertiary/aromatic N) is 2. The molecule has 0 radical (unpaired) electrons. The molecule has 1 aliphatic rings. The molecule has 0 amide bonds. The highest BCUT2D eigenvalue weighted by atomic mass is 35.5. The summed E-state index contributed by atoms with van der Waals surface area (Å²) in [6.45, 7) is 15.4. The zero-order chi connectivity index (χ0) is 14.6. The van der Waals surface area contributed by atoms with E-state index in [1.807, 2.05) is 0 Å². The van der Waals surface area contributed by atoms with Crippen LogP contribution in [0.1, 0.15) is 54.3 Å². The lowest BCUT2D eigenvalue weighted by atomic mass is 9.96. The van der Waals surface area contributed by atoms with Gasteiger partial charge in [0.1, 0.15) is 16.8 Å². The minimum absolute atomic E-state index is 0.101. The number of hydrogen-bond donors (Lipinski definition) is 1. The number of rotatable bonds is 2. The van der Waals surface area contributed by atoms with Gasteiger partial charge in [-0.3, -0.25) is 0 Å². The van der Waals surface area contributed by atoms with Crippen LogP contribution in [-0.2, 0) is 5.41 Å². The van der Waals surface area contributed by atoms with Crippen molar-refractivity contribution < 1.29 is 0 Å². The molecule has 0 saturated heterocycles. The van der Waals surface area contributed by atoms with Crippen molar-refractivity contribution in [2.45, 2.75) is 59.9 Å². The molecule has 4 heteroatoms. The van der Waals surface area contributed by atoms with Gasteiger partial charge in [0, 0.05) is 17.5 Å². The van der Waals surface area contributed by atoms with Crippen molar-refractivity contribution in [1.82, 2.24) is 9.97 Å². The molecular formula is C15H24ClN3. The molecule has 0 aliphatic heterocycles. The quantitative estimate of drug-likeness (QED) is 0.823. The molecule has 1 aromatic rings. The van der Waals surface area contributed by atoms with E-state index in [0.717, 1.165) is 11.6 Å². The minimum Gasteiger partial charge on any atom is -0.366 e. The van der Waals surface area contributed by atoms with Crippen molar-refractivity contribution in [3.63, 3.8) is 0 Å². The normalized spacial score (nSPS) is 21.3. The third-order valence-electron chi connectivity index (χ3n) is 4.68. The molecule has 106 valence electrons. The Bertz CT molecular complexity index is 487. The lowest BCUT2D eigenvalue weighted by Gasteiger charge is -2.18. The molecule has 1 fully saturated rings. The number of nitrogens with one attached hydrogen (secondary N) is 1. The summed E-state index contributed by atoms with van der Waals surface area (Å²) in [6.07, 6.45) is 0. The molecule has 1 heterocycles. The van der Waals surface area contributed by atoms with Crippen molar-refractivity contribution in [3.05, 3.63) is 17.0 Å². The van der Waals surface area contributed by atoms with Crippen LogP contribution in [-0.4, -0.2) is 16.0 Å². The van der Waals surface area contributed by atoms with Gasteiger partial charge in [0.2, 0.25) is 0 Å². The van der Waals surface area contributed by atoms with Gasteiger partial charge in [-0.25, -0.2) is 9.97 Å². The van der Waals surface area contributed by atoms with Crippen LogP contribution in [0.4, 0.5) is 5.82 Å². The Balaban J connectivity index is 2.26. The zero-order valence-electron chi connectivity index (χ0n) is 12.9. The van der Waals surface area contributed by atoms with Crippen LogP contribution in [0.25, 0.3) is 0 Å². The van der Waals surface area contributed by atoms with E-state index in [-0.39, 0.29) is 16.2 Å². The Morgan fingerprint density at radius 2 is 1.63 bits per heavy atom. The van der Waals surface area contributed by atoms with E-state index >= 15 is 0 Å². The van der Waals surface area contributed by atoms with E-state index in [1.54, 1.807) is 6.07 Å². The van der Waals surface area contributed by atoms with Gasteiger partial charge >= 0.3 is 0 Å². The fourth-order valence-corrected chi connectivity index (χ4v) is 2.72. The van der Waals surface area contributed by atoms with Gasteiger partial charge in [-0.05, 0) is 10.8 Å². The third-order valence-corrected chi connectivity index (χ3v) is 4.87. The highest BCUT2D eigenvalue weighted by Gasteiger charge is 2.65. The van der Waals surface area contributed by atoms with E-state index in [9.17, 15) is 0 Å². The van der Waals surface area contributed by atoms with E-state index in [1.165, 1.54) is 0 Å². The van der Waals surface area contributed by atoms with Gasteiger partial charge in [-0.1, -0.05) is 60.1 Å². The smallest absolute Gasteiger partial charge is 0.137 e. The van der Waals surface area contributed by atoms with Gasteiger partial charge < -0.3 is 5.32 Å². The van der Waals surface area contributed by atoms with Crippen LogP contribution >= 0.6 is 11.6 Å². The van der Waals surface area contributed by atoms with Crippen LogP contribution in [0.5, 0.6) is 0 Å². The van der Waals surface area contributed by atoms with Crippen LogP contribution < -0.4 is 5.32 Å². The molecule has 3 nitrogen and oxygen atoms in total. The number of anilines is 1. The Kier molecular flexibility index (Phi) is 3.13. The monoisotopic (exact) mass is 281 g/mol. The van der Waals surface area contributed by atoms with E-state index in [0.29, 0.717) is 11.2 Å². The standard InChI is InChI=1S/C15H24ClN3/c1-13(2,3)12-17-9(16)8-10(19-12)18-11-14(4,5)15(11,6)7/h8,11H,1-7H3,(H,17,18,19). The third kappa shape index (κ3) is 2.45. The number of hydrogen-bond acceptors (Lipinski definition) is 3. The maximum absolute atomic E-state index is 6.11. The molecule has 19 heavy (non-hydrogen) atoms. The fourth-order valence-electron chi connectivity index (χ4n) is 2.53. The second-order valence-electron chi connectivity index (χ2n) is 7.67. The molecule has 1 N–H and O–H groups in total. The summed E-state index contributed by atoms with van der Waals surface area (Å²) in [4.78, 5) is 8.93. The van der Waals surface area contributed by atoms with E-state index < -0.39 is 0 Å². The largest absolute Gasteiger partial charge is 0.366 e. The summed E-state index contributed by atoms with van der Waals surface area (Å²) in [5.41, 5.74) is 0.439. The Labute approximate surface area is 121 Å². The number of aromatic nitrogens is 2. The second-order valence-corrected chi connectivity index (χ2v) is 8.06. The average molecular weight is 282 g/mol. The van der Waals surface area contributed by atoms with Crippen LogP contribution in [0.15, 0.2) is 6.07 Å². The zero-order valence-corrected chi connectivity index (χ0v) is 13.7. The highest BCUT2D eigenvalue weighted by molar-refractivity contribution is 6.29. The molecule has 1 aliphatic carbocycles. The molecular weight excluding hydrogens is 258 g/mol. The van der Waals surface area contributed by atoms with Crippen molar-refractivity contribution in [2.24, 2.45) is 10.8 Å². The second kappa shape index (κ2) is 4.08. The van der Waals surface area contributed by atoms with E-state index in [2.05, 4.69) is 63.8 Å². The maximum atomic E-state index is 6.11. The first kappa shape index (κ1) is 14.6. The lowest BCUT2D eigenvalue weighted by Crippen LogP contribution is -2.19. The molecule has 0 unspecified atom stereocenters. The number of halogens is 1. The van der Waals surface area contributed by atoms with Crippen LogP contribution in [0, 0.1) is 10.8 Å². The summed E-state index contributed by atoms with van der Waals surface area (Å²) >= 11 is 6.11. The van der Waals surface area contributed by atoms with Crippen molar-refractivity contribution in [3.8, 4) is 0 Å². The first-order chi connectivity index (χ1) is 8.46. The lowest BCUT2D eigenvalue weighted by molar-refractivity contribution is 0.457. The van der Waals surface area contributed by atoms with Gasteiger partial charge in [0.25, 0.3) is 0 Å². The van der Waals surface area contributed by atoms with Crippen molar-refractivity contribution >= 4 is 17.4 Å². The predicted octanol–water partition coefficient (Wildman–Crippen LogP) is 4.27. The SMILES string of the molecule is CC(C)(C)c1nc(Cl)cc(NC2C(C)(C)C2(C)C)n1. The maximum Gasteiger partial charge on any atom is 0.137 e. The molecule has 0 bridgehead atoms. The van der Waals surface area contributed by atoms with Crippen molar-refractivity contribution in [1.29, 1.82) is 0 Å². The minimum atomic E-state index is -0.101. The summed E-state index contributed by atoms with van der Waals surface area (Å²) in [5, 5.41) is 4.01. The van der Waals surface area contributed by atoms with Gasteiger partial charge in [-0.15, -0.1) is 0 Å². The Morgan fingerprint density at radius 1 is 1.11 bits per heavy atom. The fraction of sp³-hybridized carbons (Fsp3) is 0.733. The van der Waals surface area contributed by atoms with Crippen molar-refractivity contribution in [2.75, 3.05) is 5.32 Å². The van der Waals surface area contributed by atoms with E-state index in [4.69, 9.17) is 11.6 Å². The summed E-state index contributed by atoms with van der Waals surface area (Å²) in [6, 6.07) is 2.22. The van der Waals surface area contributed by atoms with Crippen LogP contribution in [0.2, 0.25) is 5.15 Å². The molecule has 1 saturated carbocycles. The average Bonchev–Trinajstić information content (AvgIpc) is 2.59. The summed E-state index contributed by atoms with van der Waals surface area (Å²) < 4.78 is 0. The molecule has 0 aromatic carbocycles. The van der Waals surface area contributed by atoms with Gasteiger partial charge in [0.15, 0.2) is 0 Å². The Hall–Kier alpha value is -0.830. The molecule has 0 atom stereocenters. The molecule has 2 rings (SSSR count). The van der Waals surface area contributed by atoms with Crippen LogP contribution in [0.3, 0.4) is 0 Å². The topological polar surface area (TPSA) is 37.8 Å². The predicted molar refractivity (Wildman–Crippen MR) is 80.7 cm³/mol. The van der Waals surface area contributed by atoms with Gasteiger partial charge in [0.05, 0.1) is 0 Å². The van der Waals surface area contributed by atoms with Gasteiger partial charge in [-0.2, -0.15) is 0 Å². The summed E-state index contributed by atoms with van der Waals surface area (Å²) in [5.74, 6) is 1.60. The first-order valence-electron chi connectivity index (χ1n) is 6.78. The highest BCUT2D eigenvalue weighted by Crippen LogP contribution is 2.63. The summed E-state index contributed by atoms with van der Waals surface area (Å²) in [7, 11) is 0.